The number of benzene rings is 1. The van der Waals surface area contributed by atoms with Crippen LogP contribution in [0.25, 0.3) is 0 Å². The molecule has 0 saturated carbocycles. The van der Waals surface area contributed by atoms with Crippen LogP contribution in [0.4, 0.5) is 4.39 Å². The minimum absolute atomic E-state index is 0.0159. The maximum absolute atomic E-state index is 13.7. The number of ether oxygens (including phenoxy) is 3. The zero-order valence-electron chi connectivity index (χ0n) is 13.9. The van der Waals surface area contributed by atoms with Crippen LogP contribution in [-0.2, 0) is 34.0 Å². The smallest absolute Gasteiger partial charge is 0.328 e. The summed E-state index contributed by atoms with van der Waals surface area (Å²) in [5.41, 5.74) is 3.96. The zero-order valence-corrected chi connectivity index (χ0v) is 13.9. The van der Waals surface area contributed by atoms with Crippen LogP contribution in [0.3, 0.4) is 0 Å². The molecule has 2 heterocycles. The molecule has 0 unspecified atom stereocenters. The lowest BCUT2D eigenvalue weighted by atomic mass is 10.1. The number of hydrogen-bond donors (Lipinski definition) is 0. The normalized spacial score (nSPS) is 13.3. The van der Waals surface area contributed by atoms with Gasteiger partial charge in [0.15, 0.2) is 6.79 Å². The first-order valence-corrected chi connectivity index (χ1v) is 7.63. The summed E-state index contributed by atoms with van der Waals surface area (Å²) in [6, 6.07) is 2.67. The molecule has 1 aromatic carbocycles. The minimum atomic E-state index is -0.439. The molecule has 0 N–H and O–H groups in total. The molecule has 7 heteroatoms. The average Bonchev–Trinajstić information content (AvgIpc) is 2.79. The second-order valence-corrected chi connectivity index (χ2v) is 5.78. The molecule has 0 aliphatic carbocycles. The Balaban J connectivity index is 1.68. The van der Waals surface area contributed by atoms with E-state index < -0.39 is 11.8 Å². The van der Waals surface area contributed by atoms with Gasteiger partial charge in [-0.3, -0.25) is 9.48 Å². The third kappa shape index (κ3) is 3.26. The number of hydrogen-bond acceptors (Lipinski definition) is 5. The molecule has 6 nitrogen and oxygen atoms in total. The molecule has 0 atom stereocenters. The molecule has 0 fully saturated rings. The highest BCUT2D eigenvalue weighted by molar-refractivity contribution is 5.69. The molecule has 1 aliphatic heterocycles. The highest BCUT2D eigenvalue weighted by atomic mass is 19.1. The van der Waals surface area contributed by atoms with Crippen molar-refractivity contribution in [1.29, 1.82) is 0 Å². The Hall–Kier alpha value is -2.41. The van der Waals surface area contributed by atoms with E-state index in [0.717, 1.165) is 17.0 Å². The molecule has 0 saturated heterocycles. The maximum atomic E-state index is 13.7. The summed E-state index contributed by atoms with van der Waals surface area (Å²) in [7, 11) is 0. The molecule has 3 rings (SSSR count). The van der Waals surface area contributed by atoms with Crippen LogP contribution in [0, 0.1) is 26.6 Å². The van der Waals surface area contributed by atoms with Gasteiger partial charge in [0.25, 0.3) is 0 Å². The monoisotopic (exact) mass is 334 g/mol. The van der Waals surface area contributed by atoms with Gasteiger partial charge in [0.05, 0.1) is 12.3 Å². The number of carbonyl (C=O) groups is 1. The molecular formula is C17H19FN2O4. The number of carbonyl (C=O) groups excluding carboxylic acids is 1. The van der Waals surface area contributed by atoms with E-state index in [-0.39, 0.29) is 26.6 Å². The lowest BCUT2D eigenvalue weighted by Gasteiger charge is -2.20. The number of esters is 1. The molecule has 1 aliphatic rings. The number of aromatic nitrogens is 2. The van der Waals surface area contributed by atoms with Gasteiger partial charge in [-0.2, -0.15) is 5.10 Å². The van der Waals surface area contributed by atoms with Crippen molar-refractivity contribution in [2.75, 3.05) is 6.79 Å². The fourth-order valence-corrected chi connectivity index (χ4v) is 2.63. The highest BCUT2D eigenvalue weighted by Gasteiger charge is 2.18. The number of rotatable bonds is 4. The Kier molecular flexibility index (Phi) is 4.53. The van der Waals surface area contributed by atoms with Crippen LogP contribution >= 0.6 is 0 Å². The second-order valence-electron chi connectivity index (χ2n) is 5.78. The first-order valence-electron chi connectivity index (χ1n) is 7.63. The van der Waals surface area contributed by atoms with E-state index in [1.54, 1.807) is 4.68 Å². The van der Waals surface area contributed by atoms with Gasteiger partial charge in [0, 0.05) is 16.8 Å². The molecular weight excluding hydrogens is 315 g/mol. The van der Waals surface area contributed by atoms with Gasteiger partial charge >= 0.3 is 5.97 Å². The summed E-state index contributed by atoms with van der Waals surface area (Å²) in [5, 5.41) is 4.30. The molecule has 24 heavy (non-hydrogen) atoms. The Labute approximate surface area is 139 Å². The van der Waals surface area contributed by atoms with Crippen LogP contribution in [-0.4, -0.2) is 22.5 Å². The number of aryl methyl sites for hydroxylation is 1. The predicted octanol–water partition coefficient (Wildman–Crippen LogP) is 2.56. The first kappa shape index (κ1) is 16.4. The predicted molar refractivity (Wildman–Crippen MR) is 82.9 cm³/mol. The first-order chi connectivity index (χ1) is 11.5. The molecule has 128 valence electrons. The second kappa shape index (κ2) is 6.60. The van der Waals surface area contributed by atoms with Crippen LogP contribution in [0.15, 0.2) is 12.1 Å². The summed E-state index contributed by atoms with van der Waals surface area (Å²) in [4.78, 5) is 12.1. The van der Waals surface area contributed by atoms with Crippen LogP contribution in [0.5, 0.6) is 5.75 Å². The topological polar surface area (TPSA) is 62.6 Å². The lowest BCUT2D eigenvalue weighted by Crippen LogP contribution is -2.17. The van der Waals surface area contributed by atoms with E-state index in [9.17, 15) is 9.18 Å². The van der Waals surface area contributed by atoms with Crippen molar-refractivity contribution in [1.82, 2.24) is 9.78 Å². The summed E-state index contributed by atoms with van der Waals surface area (Å²) >= 11 is 0. The molecule has 0 spiro atoms. The van der Waals surface area contributed by atoms with Crippen molar-refractivity contribution in [3.63, 3.8) is 0 Å². The third-order valence-electron chi connectivity index (χ3n) is 4.16. The number of halogens is 1. The minimum Gasteiger partial charge on any atom is -0.467 e. The van der Waals surface area contributed by atoms with E-state index >= 15 is 0 Å². The van der Waals surface area contributed by atoms with Crippen LogP contribution in [0.2, 0.25) is 0 Å². The van der Waals surface area contributed by atoms with Crippen molar-refractivity contribution >= 4 is 5.97 Å². The Morgan fingerprint density at radius 3 is 2.88 bits per heavy atom. The maximum Gasteiger partial charge on any atom is 0.328 e. The molecule has 0 radical (unpaired) electrons. The van der Waals surface area contributed by atoms with Gasteiger partial charge in [0.2, 0.25) is 0 Å². The SMILES string of the molecule is Cc1nn(CC(=O)OCc2cc(F)cc3c2OCOC3)c(C)c1C. The Morgan fingerprint density at radius 1 is 1.38 bits per heavy atom. The fraction of sp³-hybridized carbons (Fsp3) is 0.412. The zero-order chi connectivity index (χ0) is 17.3. The van der Waals surface area contributed by atoms with Crippen molar-refractivity contribution in [3.05, 3.63) is 46.0 Å². The van der Waals surface area contributed by atoms with Gasteiger partial charge in [-0.25, -0.2) is 4.39 Å². The van der Waals surface area contributed by atoms with Crippen molar-refractivity contribution in [2.24, 2.45) is 0 Å². The summed E-state index contributed by atoms with van der Waals surface area (Å²) in [6.07, 6.45) is 0. The largest absolute Gasteiger partial charge is 0.467 e. The summed E-state index contributed by atoms with van der Waals surface area (Å²) < 4.78 is 31.1. The quantitative estimate of drug-likeness (QED) is 0.804. The summed E-state index contributed by atoms with van der Waals surface area (Å²) in [6.45, 7) is 6.09. The van der Waals surface area contributed by atoms with Crippen LogP contribution in [0.1, 0.15) is 28.1 Å². The van der Waals surface area contributed by atoms with Gasteiger partial charge in [0.1, 0.15) is 24.7 Å². The molecule has 0 amide bonds. The molecule has 0 bridgehead atoms. The fourth-order valence-electron chi connectivity index (χ4n) is 2.63. The third-order valence-corrected chi connectivity index (χ3v) is 4.16. The molecule has 2 aromatic rings. The van der Waals surface area contributed by atoms with E-state index in [0.29, 0.717) is 16.9 Å². The number of nitrogens with zero attached hydrogens (tertiary/aromatic N) is 2. The Bertz CT molecular complexity index is 785. The van der Waals surface area contributed by atoms with Crippen molar-refractivity contribution < 1.29 is 23.4 Å². The summed E-state index contributed by atoms with van der Waals surface area (Å²) in [5.74, 6) is -0.328. The Morgan fingerprint density at radius 2 is 2.17 bits per heavy atom. The highest BCUT2D eigenvalue weighted by Crippen LogP contribution is 2.30. The van der Waals surface area contributed by atoms with E-state index in [2.05, 4.69) is 5.10 Å². The lowest BCUT2D eigenvalue weighted by molar-refractivity contribution is -0.146. The van der Waals surface area contributed by atoms with E-state index in [4.69, 9.17) is 14.2 Å². The van der Waals surface area contributed by atoms with Gasteiger partial charge in [-0.1, -0.05) is 0 Å². The van der Waals surface area contributed by atoms with E-state index in [1.165, 1.54) is 12.1 Å². The van der Waals surface area contributed by atoms with Crippen LogP contribution < -0.4 is 4.74 Å². The van der Waals surface area contributed by atoms with Gasteiger partial charge in [-0.15, -0.1) is 0 Å². The standard InChI is InChI=1S/C17H19FN2O4/c1-10-11(2)19-20(12(10)3)6-16(21)23-8-14-5-15(18)4-13-7-22-9-24-17(13)14/h4-5H,6-9H2,1-3H3. The van der Waals surface area contributed by atoms with E-state index in [1.807, 2.05) is 20.8 Å². The van der Waals surface area contributed by atoms with Crippen molar-refractivity contribution in [2.45, 2.75) is 40.5 Å². The van der Waals surface area contributed by atoms with Gasteiger partial charge < -0.3 is 14.2 Å². The average molecular weight is 334 g/mol. The number of fused-ring (bicyclic) bond motifs is 1. The van der Waals surface area contributed by atoms with Gasteiger partial charge in [-0.05, 0) is 38.5 Å². The van der Waals surface area contributed by atoms with Crippen molar-refractivity contribution in [3.8, 4) is 5.75 Å². The molecule has 1 aromatic heterocycles.